The summed E-state index contributed by atoms with van der Waals surface area (Å²) in [6.07, 6.45) is 0.831. The summed E-state index contributed by atoms with van der Waals surface area (Å²) in [6.45, 7) is 0.466. The van der Waals surface area contributed by atoms with Gasteiger partial charge in [0.15, 0.2) is 0 Å². The highest BCUT2D eigenvalue weighted by Crippen LogP contribution is 2.09. The van der Waals surface area contributed by atoms with E-state index in [2.05, 4.69) is 5.32 Å². The van der Waals surface area contributed by atoms with Crippen molar-refractivity contribution >= 4 is 17.7 Å². The number of hydrogen-bond acceptors (Lipinski definition) is 4. The minimum absolute atomic E-state index is 0.0666. The second kappa shape index (κ2) is 5.62. The molecule has 1 fully saturated rings. The van der Waals surface area contributed by atoms with Crippen LogP contribution in [0.2, 0.25) is 0 Å². The van der Waals surface area contributed by atoms with Crippen LogP contribution in [0, 0.1) is 0 Å². The van der Waals surface area contributed by atoms with E-state index in [1.165, 1.54) is 0 Å². The largest absolute Gasteiger partial charge is 0.370 e. The number of carbonyl (C=O) groups excluding carboxylic acids is 3. The van der Waals surface area contributed by atoms with Crippen molar-refractivity contribution in [2.75, 3.05) is 13.6 Å². The van der Waals surface area contributed by atoms with Gasteiger partial charge in [0.25, 0.3) is 0 Å². The van der Waals surface area contributed by atoms with Crippen LogP contribution in [0.25, 0.3) is 0 Å². The molecule has 0 spiro atoms. The van der Waals surface area contributed by atoms with Gasteiger partial charge in [-0.1, -0.05) is 0 Å². The monoisotopic (exact) mass is 242 g/mol. The Bertz CT molecular complexity index is 332. The van der Waals surface area contributed by atoms with E-state index in [-0.39, 0.29) is 18.4 Å². The average Bonchev–Trinajstić information content (AvgIpc) is 2.22. The first-order valence-corrected chi connectivity index (χ1v) is 5.48. The molecule has 7 nitrogen and oxygen atoms in total. The number of likely N-dealkylation sites (tertiary alicyclic amines) is 1. The average molecular weight is 242 g/mol. The number of rotatable bonds is 4. The fourth-order valence-corrected chi connectivity index (χ4v) is 1.75. The lowest BCUT2D eigenvalue weighted by Crippen LogP contribution is -2.52. The molecule has 0 radical (unpaired) electrons. The first-order valence-electron chi connectivity index (χ1n) is 5.48. The topological polar surface area (TPSA) is 119 Å². The van der Waals surface area contributed by atoms with Crippen LogP contribution >= 0.6 is 0 Å². The molecule has 0 aromatic carbocycles. The number of nitrogens with two attached hydrogens (primary N) is 2. The Balaban J connectivity index is 2.41. The second-order valence-corrected chi connectivity index (χ2v) is 4.30. The third-order valence-corrected chi connectivity index (χ3v) is 2.73. The van der Waals surface area contributed by atoms with Crippen LogP contribution < -0.4 is 16.8 Å². The zero-order valence-electron chi connectivity index (χ0n) is 9.81. The highest BCUT2D eigenvalue weighted by Gasteiger charge is 2.26. The number of primary amides is 1. The Labute approximate surface area is 99.5 Å². The summed E-state index contributed by atoms with van der Waals surface area (Å²) in [7, 11) is 1.68. The smallest absolute Gasteiger partial charge is 0.237 e. The zero-order chi connectivity index (χ0) is 13.0. The molecule has 5 N–H and O–H groups in total. The molecule has 0 saturated carbocycles. The lowest BCUT2D eigenvalue weighted by Gasteiger charge is -2.30. The maximum atomic E-state index is 11.6. The van der Waals surface area contributed by atoms with Gasteiger partial charge in [-0.3, -0.25) is 14.4 Å². The van der Waals surface area contributed by atoms with E-state index < -0.39 is 17.9 Å². The van der Waals surface area contributed by atoms with Gasteiger partial charge in [-0.05, 0) is 6.42 Å². The van der Waals surface area contributed by atoms with Crippen LogP contribution in [0.5, 0.6) is 0 Å². The molecule has 7 heteroatoms. The summed E-state index contributed by atoms with van der Waals surface area (Å²) >= 11 is 0. The van der Waals surface area contributed by atoms with Gasteiger partial charge in [0.1, 0.15) is 0 Å². The molecule has 2 atom stereocenters. The maximum Gasteiger partial charge on any atom is 0.237 e. The van der Waals surface area contributed by atoms with Gasteiger partial charge in [-0.2, -0.15) is 0 Å². The summed E-state index contributed by atoms with van der Waals surface area (Å²) in [4.78, 5) is 35.0. The molecule has 17 heavy (non-hydrogen) atoms. The van der Waals surface area contributed by atoms with Crippen molar-refractivity contribution in [3.05, 3.63) is 0 Å². The number of carbonyl (C=O) groups is 3. The van der Waals surface area contributed by atoms with E-state index in [0.717, 1.165) is 0 Å². The van der Waals surface area contributed by atoms with Crippen molar-refractivity contribution in [2.45, 2.75) is 31.3 Å². The Kier molecular flexibility index (Phi) is 4.45. The molecule has 0 bridgehead atoms. The van der Waals surface area contributed by atoms with Gasteiger partial charge >= 0.3 is 0 Å². The van der Waals surface area contributed by atoms with E-state index in [1.807, 2.05) is 0 Å². The zero-order valence-corrected chi connectivity index (χ0v) is 9.81. The highest BCUT2D eigenvalue weighted by atomic mass is 16.2. The van der Waals surface area contributed by atoms with Crippen LogP contribution in [0.1, 0.15) is 19.3 Å². The summed E-state index contributed by atoms with van der Waals surface area (Å²) in [5.41, 5.74) is 10.5. The van der Waals surface area contributed by atoms with Crippen molar-refractivity contribution in [2.24, 2.45) is 11.5 Å². The number of piperidine rings is 1. The number of amides is 3. The lowest BCUT2D eigenvalue weighted by atomic mass is 10.0. The molecule has 1 heterocycles. The molecule has 0 aliphatic carbocycles. The molecule has 0 aromatic rings. The number of nitrogens with one attached hydrogen (secondary N) is 1. The van der Waals surface area contributed by atoms with Crippen LogP contribution in [0.4, 0.5) is 0 Å². The van der Waals surface area contributed by atoms with Crippen LogP contribution in [-0.4, -0.2) is 48.3 Å². The minimum Gasteiger partial charge on any atom is -0.370 e. The fourth-order valence-electron chi connectivity index (χ4n) is 1.75. The molecule has 1 saturated heterocycles. The standard InChI is InChI=1S/C10H18N4O3/c1-14-5-6(2-3-9(14)16)13-10(17)7(11)4-8(12)15/h6-7H,2-5,11H2,1H3,(H2,12,15)(H,13,17). The third-order valence-electron chi connectivity index (χ3n) is 2.73. The normalized spacial score (nSPS) is 22.1. The molecule has 0 aromatic heterocycles. The molecular formula is C10H18N4O3. The van der Waals surface area contributed by atoms with Crippen molar-refractivity contribution in [3.8, 4) is 0 Å². The third kappa shape index (κ3) is 4.03. The highest BCUT2D eigenvalue weighted by molar-refractivity contribution is 5.87. The predicted octanol–water partition coefficient (Wildman–Crippen LogP) is -2.07. The summed E-state index contributed by atoms with van der Waals surface area (Å²) < 4.78 is 0. The van der Waals surface area contributed by atoms with Crippen molar-refractivity contribution in [1.82, 2.24) is 10.2 Å². The fraction of sp³-hybridized carbons (Fsp3) is 0.700. The number of likely N-dealkylation sites (N-methyl/N-ethyl adjacent to an activating group) is 1. The van der Waals surface area contributed by atoms with Crippen molar-refractivity contribution in [3.63, 3.8) is 0 Å². The Morgan fingerprint density at radius 3 is 2.76 bits per heavy atom. The van der Waals surface area contributed by atoms with E-state index in [9.17, 15) is 14.4 Å². The first-order chi connectivity index (χ1) is 7.90. The molecule has 1 aliphatic rings. The minimum atomic E-state index is -0.921. The van der Waals surface area contributed by atoms with Gasteiger partial charge in [0.2, 0.25) is 17.7 Å². The molecule has 2 unspecified atom stereocenters. The van der Waals surface area contributed by atoms with Crippen molar-refractivity contribution in [1.29, 1.82) is 0 Å². The van der Waals surface area contributed by atoms with E-state index in [1.54, 1.807) is 11.9 Å². The number of hydrogen-bond donors (Lipinski definition) is 3. The van der Waals surface area contributed by atoms with Gasteiger partial charge in [0.05, 0.1) is 12.5 Å². The number of nitrogens with zero attached hydrogens (tertiary/aromatic N) is 1. The maximum absolute atomic E-state index is 11.6. The predicted molar refractivity (Wildman–Crippen MR) is 60.6 cm³/mol. The van der Waals surface area contributed by atoms with Crippen molar-refractivity contribution < 1.29 is 14.4 Å². The Morgan fingerprint density at radius 2 is 2.24 bits per heavy atom. The quantitative estimate of drug-likeness (QED) is 0.524. The Morgan fingerprint density at radius 1 is 1.59 bits per heavy atom. The van der Waals surface area contributed by atoms with Gasteiger partial charge < -0.3 is 21.7 Å². The Hall–Kier alpha value is -1.63. The summed E-state index contributed by atoms with van der Waals surface area (Å²) in [5, 5.41) is 2.71. The van der Waals surface area contributed by atoms with E-state index in [4.69, 9.17) is 11.5 Å². The van der Waals surface area contributed by atoms with Gasteiger partial charge in [0, 0.05) is 26.1 Å². The van der Waals surface area contributed by atoms with E-state index >= 15 is 0 Å². The molecule has 1 rings (SSSR count). The van der Waals surface area contributed by atoms with Gasteiger partial charge in [-0.15, -0.1) is 0 Å². The lowest BCUT2D eigenvalue weighted by molar-refractivity contribution is -0.134. The first kappa shape index (κ1) is 13.4. The molecular weight excluding hydrogens is 224 g/mol. The molecule has 96 valence electrons. The van der Waals surface area contributed by atoms with Crippen LogP contribution in [-0.2, 0) is 14.4 Å². The van der Waals surface area contributed by atoms with Gasteiger partial charge in [-0.25, -0.2) is 0 Å². The summed E-state index contributed by atoms with van der Waals surface area (Å²) in [5.74, 6) is -0.947. The SMILES string of the molecule is CN1CC(NC(=O)C(N)CC(N)=O)CCC1=O. The second-order valence-electron chi connectivity index (χ2n) is 4.30. The summed E-state index contributed by atoms with van der Waals surface area (Å²) in [6, 6.07) is -1.03. The molecule has 1 aliphatic heterocycles. The van der Waals surface area contributed by atoms with Crippen LogP contribution in [0.3, 0.4) is 0 Å². The van der Waals surface area contributed by atoms with Crippen LogP contribution in [0.15, 0.2) is 0 Å². The molecule has 3 amide bonds. The van der Waals surface area contributed by atoms with E-state index in [0.29, 0.717) is 19.4 Å².